The lowest BCUT2D eigenvalue weighted by molar-refractivity contribution is 0.473. The highest BCUT2D eigenvalue weighted by molar-refractivity contribution is 7.85. The fraction of sp³-hybridized carbons (Fsp3) is 0.800. The van der Waals surface area contributed by atoms with E-state index in [9.17, 15) is 4.21 Å². The summed E-state index contributed by atoms with van der Waals surface area (Å²) in [6.45, 7) is 1.00. The lowest BCUT2D eigenvalue weighted by Crippen LogP contribution is -2.36. The van der Waals surface area contributed by atoms with Crippen LogP contribution in [0.15, 0.2) is 0 Å². The van der Waals surface area contributed by atoms with Crippen LogP contribution in [0.1, 0.15) is 25.7 Å². The normalized spacial score (nSPS) is 28.2. The minimum atomic E-state index is -0.542. The van der Waals surface area contributed by atoms with Crippen molar-refractivity contribution in [2.45, 2.75) is 31.7 Å². The Bertz CT molecular complexity index is 199. The molecule has 0 saturated carbocycles. The van der Waals surface area contributed by atoms with Crippen molar-refractivity contribution < 1.29 is 4.21 Å². The first-order chi connectivity index (χ1) is 6.33. The van der Waals surface area contributed by atoms with Gasteiger partial charge in [0, 0.05) is 34.8 Å². The average Bonchev–Trinajstić information content (AvgIpc) is 2.15. The van der Waals surface area contributed by atoms with Gasteiger partial charge in [-0.1, -0.05) is 0 Å². The van der Waals surface area contributed by atoms with Crippen molar-refractivity contribution in [3.63, 3.8) is 0 Å². The molecule has 0 aromatic carbocycles. The topological polar surface area (TPSA) is 29.1 Å². The molecule has 0 spiro atoms. The van der Waals surface area contributed by atoms with Crippen LogP contribution in [0.5, 0.6) is 0 Å². The van der Waals surface area contributed by atoms with E-state index >= 15 is 0 Å². The second-order valence-corrected chi connectivity index (χ2v) is 5.08. The Kier molecular flexibility index (Phi) is 5.10. The van der Waals surface area contributed by atoms with E-state index in [1.165, 1.54) is 0 Å². The number of nitrogens with one attached hydrogen (secondary N) is 1. The minimum Gasteiger partial charge on any atom is -0.314 e. The third-order valence-corrected chi connectivity index (χ3v) is 3.70. The predicted octanol–water partition coefficient (Wildman–Crippen LogP) is 0.901. The van der Waals surface area contributed by atoms with Crippen LogP contribution in [-0.2, 0) is 10.8 Å². The van der Waals surface area contributed by atoms with Crippen LogP contribution in [0.25, 0.3) is 0 Å². The van der Waals surface area contributed by atoms with Crippen molar-refractivity contribution in [1.82, 2.24) is 5.32 Å². The van der Waals surface area contributed by atoms with Gasteiger partial charge in [-0.2, -0.15) is 0 Å². The Labute approximate surface area is 82.9 Å². The van der Waals surface area contributed by atoms with Crippen LogP contribution in [0.3, 0.4) is 0 Å². The molecule has 74 valence electrons. The van der Waals surface area contributed by atoms with Gasteiger partial charge in [0.25, 0.3) is 0 Å². The fourth-order valence-electron chi connectivity index (χ4n) is 1.49. The van der Waals surface area contributed by atoms with E-state index < -0.39 is 10.8 Å². The summed E-state index contributed by atoms with van der Waals surface area (Å²) in [5.74, 6) is 4.36. The standard InChI is InChI=1S/C10H17NOS/c1-2-3-4-7-11-10-5-8-13(12)9-6-10/h1,10-11H,3-9H2. The smallest absolute Gasteiger partial charge is 0.0249 e. The van der Waals surface area contributed by atoms with Crippen molar-refractivity contribution in [1.29, 1.82) is 0 Å². The van der Waals surface area contributed by atoms with Crippen molar-refractivity contribution >= 4 is 10.8 Å². The molecule has 0 atom stereocenters. The second kappa shape index (κ2) is 6.17. The molecule has 0 aromatic heterocycles. The molecular formula is C10H17NOS. The lowest BCUT2D eigenvalue weighted by atomic mass is 10.1. The average molecular weight is 199 g/mol. The Morgan fingerprint density at radius 3 is 2.77 bits per heavy atom. The number of hydrogen-bond donors (Lipinski definition) is 1. The van der Waals surface area contributed by atoms with Gasteiger partial charge in [-0.25, -0.2) is 0 Å². The van der Waals surface area contributed by atoms with Gasteiger partial charge in [0.15, 0.2) is 0 Å². The summed E-state index contributed by atoms with van der Waals surface area (Å²) in [5.41, 5.74) is 0. The SMILES string of the molecule is C#CCCCNC1CCS(=O)CC1. The zero-order valence-electron chi connectivity index (χ0n) is 7.92. The van der Waals surface area contributed by atoms with Crippen molar-refractivity contribution in [2.24, 2.45) is 0 Å². The third-order valence-electron chi connectivity index (χ3n) is 2.32. The van der Waals surface area contributed by atoms with Gasteiger partial charge in [-0.15, -0.1) is 12.3 Å². The van der Waals surface area contributed by atoms with Crippen molar-refractivity contribution in [3.8, 4) is 12.3 Å². The molecule has 1 heterocycles. The van der Waals surface area contributed by atoms with Gasteiger partial charge >= 0.3 is 0 Å². The summed E-state index contributed by atoms with van der Waals surface area (Å²) < 4.78 is 11.0. The monoisotopic (exact) mass is 199 g/mol. The van der Waals surface area contributed by atoms with E-state index in [4.69, 9.17) is 6.42 Å². The molecule has 0 unspecified atom stereocenters. The highest BCUT2D eigenvalue weighted by atomic mass is 32.2. The quantitative estimate of drug-likeness (QED) is 0.538. The van der Waals surface area contributed by atoms with Crippen LogP contribution in [0.2, 0.25) is 0 Å². The van der Waals surface area contributed by atoms with E-state index in [0.29, 0.717) is 6.04 Å². The number of unbranched alkanes of at least 4 members (excludes halogenated alkanes) is 1. The third kappa shape index (κ3) is 4.44. The van der Waals surface area contributed by atoms with Crippen LogP contribution in [0.4, 0.5) is 0 Å². The molecular weight excluding hydrogens is 182 g/mol. The molecule has 1 aliphatic rings. The van der Waals surface area contributed by atoms with Crippen molar-refractivity contribution in [2.75, 3.05) is 18.1 Å². The molecule has 1 saturated heterocycles. The zero-order chi connectivity index (χ0) is 9.52. The zero-order valence-corrected chi connectivity index (χ0v) is 8.74. The lowest BCUT2D eigenvalue weighted by Gasteiger charge is -2.22. The molecule has 3 heteroatoms. The van der Waals surface area contributed by atoms with E-state index in [-0.39, 0.29) is 0 Å². The Morgan fingerprint density at radius 1 is 1.46 bits per heavy atom. The summed E-state index contributed by atoms with van der Waals surface area (Å²) in [6, 6.07) is 0.579. The predicted molar refractivity (Wildman–Crippen MR) is 57.0 cm³/mol. The molecule has 13 heavy (non-hydrogen) atoms. The molecule has 0 amide bonds. The van der Waals surface area contributed by atoms with Gasteiger partial charge in [0.1, 0.15) is 0 Å². The maximum atomic E-state index is 11.0. The van der Waals surface area contributed by atoms with Crippen molar-refractivity contribution in [3.05, 3.63) is 0 Å². The highest BCUT2D eigenvalue weighted by Gasteiger charge is 2.16. The molecule has 0 aliphatic carbocycles. The Balaban J connectivity index is 2.03. The molecule has 1 aliphatic heterocycles. The van der Waals surface area contributed by atoms with Crippen LogP contribution >= 0.6 is 0 Å². The van der Waals surface area contributed by atoms with Gasteiger partial charge in [0.2, 0.25) is 0 Å². The Hall–Kier alpha value is -0.330. The second-order valence-electron chi connectivity index (χ2n) is 3.38. The van der Waals surface area contributed by atoms with Gasteiger partial charge in [0.05, 0.1) is 0 Å². The van der Waals surface area contributed by atoms with E-state index in [1.807, 2.05) is 0 Å². The van der Waals surface area contributed by atoms with Crippen LogP contribution < -0.4 is 5.32 Å². The first-order valence-electron chi connectivity index (χ1n) is 4.84. The van der Waals surface area contributed by atoms with Crippen LogP contribution in [0, 0.1) is 12.3 Å². The number of rotatable bonds is 4. The summed E-state index contributed by atoms with van der Waals surface area (Å²) in [7, 11) is -0.542. The summed E-state index contributed by atoms with van der Waals surface area (Å²) in [5, 5.41) is 3.45. The number of hydrogen-bond acceptors (Lipinski definition) is 2. The molecule has 0 aromatic rings. The molecule has 2 nitrogen and oxygen atoms in total. The minimum absolute atomic E-state index is 0.542. The Morgan fingerprint density at radius 2 is 2.15 bits per heavy atom. The van der Waals surface area contributed by atoms with Crippen LogP contribution in [-0.4, -0.2) is 28.3 Å². The number of terminal acetylenes is 1. The molecule has 1 N–H and O–H groups in total. The molecule has 1 fully saturated rings. The summed E-state index contributed by atoms with van der Waals surface area (Å²) in [6.07, 6.45) is 9.17. The fourth-order valence-corrected chi connectivity index (χ4v) is 2.79. The summed E-state index contributed by atoms with van der Waals surface area (Å²) in [4.78, 5) is 0. The summed E-state index contributed by atoms with van der Waals surface area (Å²) >= 11 is 0. The first kappa shape index (κ1) is 10.7. The maximum absolute atomic E-state index is 11.0. The molecule has 0 bridgehead atoms. The van der Waals surface area contributed by atoms with Gasteiger partial charge in [-0.3, -0.25) is 4.21 Å². The van der Waals surface area contributed by atoms with E-state index in [1.54, 1.807) is 0 Å². The highest BCUT2D eigenvalue weighted by Crippen LogP contribution is 2.08. The molecule has 1 rings (SSSR count). The first-order valence-corrected chi connectivity index (χ1v) is 6.33. The van der Waals surface area contributed by atoms with Gasteiger partial charge < -0.3 is 5.32 Å². The largest absolute Gasteiger partial charge is 0.314 e. The molecule has 0 radical (unpaired) electrons. The van der Waals surface area contributed by atoms with Gasteiger partial charge in [-0.05, 0) is 25.8 Å². The van der Waals surface area contributed by atoms with E-state index in [2.05, 4.69) is 11.2 Å². The maximum Gasteiger partial charge on any atom is 0.0249 e. The van der Waals surface area contributed by atoms with E-state index in [0.717, 1.165) is 43.7 Å².